The molecule has 1 aromatic carbocycles. The number of sulfonamides is 1. The van der Waals surface area contributed by atoms with Gasteiger partial charge < -0.3 is 14.2 Å². The van der Waals surface area contributed by atoms with Gasteiger partial charge in [-0.1, -0.05) is 30.3 Å². The molecule has 0 bridgehead atoms. The van der Waals surface area contributed by atoms with Crippen LogP contribution < -0.4 is 4.72 Å². The van der Waals surface area contributed by atoms with E-state index in [1.165, 1.54) is 11.3 Å². The topological polar surface area (TPSA) is 93.5 Å². The van der Waals surface area contributed by atoms with Crippen molar-refractivity contribution < 1.29 is 17.9 Å². The van der Waals surface area contributed by atoms with Crippen LogP contribution in [0.5, 0.6) is 0 Å². The van der Waals surface area contributed by atoms with Crippen LogP contribution in [0.2, 0.25) is 0 Å². The lowest BCUT2D eigenvalue weighted by Crippen LogP contribution is -2.40. The zero-order chi connectivity index (χ0) is 22.7. The van der Waals surface area contributed by atoms with Crippen molar-refractivity contribution in [3.8, 4) is 10.7 Å². The van der Waals surface area contributed by atoms with E-state index in [-0.39, 0.29) is 10.8 Å². The number of benzene rings is 1. The summed E-state index contributed by atoms with van der Waals surface area (Å²) in [5, 5.41) is 0.618. The van der Waals surface area contributed by atoms with Crippen LogP contribution in [0.4, 0.5) is 0 Å². The molecule has 1 fully saturated rings. The quantitative estimate of drug-likeness (QED) is 0.568. The van der Waals surface area contributed by atoms with Crippen LogP contribution in [0.3, 0.4) is 0 Å². The minimum atomic E-state index is -3.66. The number of morpholine rings is 1. The first-order valence-corrected chi connectivity index (χ1v) is 12.7. The normalized spacial score (nSPS) is 14.6. The van der Waals surface area contributed by atoms with E-state index in [0.717, 1.165) is 5.56 Å². The Balaban J connectivity index is 1.50. The maximum absolute atomic E-state index is 12.9. The highest BCUT2D eigenvalue weighted by Gasteiger charge is 2.25. The van der Waals surface area contributed by atoms with Crippen molar-refractivity contribution in [2.45, 2.75) is 18.2 Å². The second-order valence-electron chi connectivity index (χ2n) is 7.64. The highest BCUT2D eigenvalue weighted by atomic mass is 32.2. The van der Waals surface area contributed by atoms with Gasteiger partial charge in [-0.3, -0.25) is 4.79 Å². The van der Waals surface area contributed by atoms with Gasteiger partial charge in [0, 0.05) is 32.9 Å². The number of nitrogens with one attached hydrogen (secondary N) is 1. The minimum Gasteiger partial charge on any atom is -0.378 e. The Morgan fingerprint density at radius 1 is 1.22 bits per heavy atom. The molecule has 0 unspecified atom stereocenters. The summed E-state index contributed by atoms with van der Waals surface area (Å²) in [5.74, 6) is -0.0563. The van der Waals surface area contributed by atoms with Crippen LogP contribution in [-0.4, -0.2) is 61.6 Å². The summed E-state index contributed by atoms with van der Waals surface area (Å²) >= 11 is 1.29. The van der Waals surface area contributed by atoms with Gasteiger partial charge in [-0.05, 0) is 25.0 Å². The summed E-state index contributed by atoms with van der Waals surface area (Å²) < 4.78 is 35.3. The fraction of sp³-hybridized carbons (Fsp3) is 0.364. The molecule has 2 aromatic heterocycles. The van der Waals surface area contributed by atoms with E-state index < -0.39 is 10.0 Å². The molecule has 0 saturated carbocycles. The van der Waals surface area contributed by atoms with Crippen molar-refractivity contribution in [1.29, 1.82) is 0 Å². The zero-order valence-electron chi connectivity index (χ0n) is 18.1. The molecule has 170 valence electrons. The Labute approximate surface area is 191 Å². The summed E-state index contributed by atoms with van der Waals surface area (Å²) in [6.45, 7) is 4.31. The summed E-state index contributed by atoms with van der Waals surface area (Å²) in [6.07, 6.45) is 2.18. The molecule has 1 aliphatic heterocycles. The lowest BCUT2D eigenvalue weighted by Gasteiger charge is -2.26. The third-order valence-corrected chi connectivity index (χ3v) is 7.94. The molecule has 1 saturated heterocycles. The molecule has 3 aromatic rings. The number of thiazole rings is 1. The summed E-state index contributed by atoms with van der Waals surface area (Å²) in [6, 6.07) is 11.3. The van der Waals surface area contributed by atoms with Gasteiger partial charge in [-0.25, -0.2) is 18.1 Å². The van der Waals surface area contributed by atoms with E-state index in [4.69, 9.17) is 4.74 Å². The van der Waals surface area contributed by atoms with Gasteiger partial charge in [0.1, 0.15) is 14.8 Å². The fourth-order valence-corrected chi connectivity index (χ4v) is 5.76. The lowest BCUT2D eigenvalue weighted by atomic mass is 10.2. The molecular weight excluding hydrogens is 448 g/mol. The maximum atomic E-state index is 12.9. The fourth-order valence-electron chi connectivity index (χ4n) is 3.57. The summed E-state index contributed by atoms with van der Waals surface area (Å²) in [7, 11) is -1.88. The number of aryl methyl sites for hydroxylation is 2. The van der Waals surface area contributed by atoms with Gasteiger partial charge >= 0.3 is 0 Å². The summed E-state index contributed by atoms with van der Waals surface area (Å²) in [5.41, 5.74) is 2.37. The average Bonchev–Trinajstić information content (AvgIpc) is 3.37. The number of hydrogen-bond acceptors (Lipinski definition) is 6. The Bertz CT molecular complexity index is 1200. The molecule has 4 rings (SSSR count). The van der Waals surface area contributed by atoms with Gasteiger partial charge in [0.15, 0.2) is 0 Å². The predicted molar refractivity (Wildman–Crippen MR) is 123 cm³/mol. The molecule has 0 aliphatic carbocycles. The molecular formula is C22H26N4O4S2. The second-order valence-corrected chi connectivity index (χ2v) is 10.4. The molecule has 0 atom stereocenters. The molecule has 3 heterocycles. The third kappa shape index (κ3) is 4.93. The predicted octanol–water partition coefficient (Wildman–Crippen LogP) is 2.45. The van der Waals surface area contributed by atoms with Crippen molar-refractivity contribution in [2.24, 2.45) is 7.05 Å². The third-order valence-electron chi connectivity index (χ3n) is 5.35. The van der Waals surface area contributed by atoms with E-state index in [1.54, 1.807) is 35.7 Å². The Morgan fingerprint density at radius 3 is 2.66 bits per heavy atom. The molecule has 1 aliphatic rings. The monoisotopic (exact) mass is 474 g/mol. The van der Waals surface area contributed by atoms with Gasteiger partial charge in [-0.2, -0.15) is 0 Å². The van der Waals surface area contributed by atoms with E-state index in [0.29, 0.717) is 60.5 Å². The van der Waals surface area contributed by atoms with Gasteiger partial charge in [0.05, 0.1) is 24.6 Å². The highest BCUT2D eigenvalue weighted by molar-refractivity contribution is 7.89. The number of rotatable bonds is 7. The van der Waals surface area contributed by atoms with Crippen LogP contribution in [0.15, 0.2) is 47.5 Å². The van der Waals surface area contributed by atoms with E-state index in [2.05, 4.69) is 9.71 Å². The number of hydrogen-bond donors (Lipinski definition) is 1. The first-order valence-electron chi connectivity index (χ1n) is 10.4. The van der Waals surface area contributed by atoms with Crippen LogP contribution >= 0.6 is 11.3 Å². The smallest absolute Gasteiger partial charge is 0.266 e. The van der Waals surface area contributed by atoms with E-state index >= 15 is 0 Å². The van der Waals surface area contributed by atoms with Crippen molar-refractivity contribution in [2.75, 3.05) is 32.8 Å². The molecule has 1 amide bonds. The molecule has 32 heavy (non-hydrogen) atoms. The van der Waals surface area contributed by atoms with Gasteiger partial charge in [0.25, 0.3) is 5.91 Å². The summed E-state index contributed by atoms with van der Waals surface area (Å²) in [4.78, 5) is 20.0. The number of carbonyl (C=O) groups is 1. The maximum Gasteiger partial charge on any atom is 0.266 e. The molecule has 0 spiro atoms. The zero-order valence-corrected chi connectivity index (χ0v) is 19.7. The van der Waals surface area contributed by atoms with Crippen molar-refractivity contribution >= 4 is 27.3 Å². The Kier molecular flexibility index (Phi) is 6.75. The number of ether oxygens (including phenoxy) is 1. The number of nitrogens with zero attached hydrogens (tertiary/aromatic N) is 3. The number of carbonyl (C=O) groups excluding carboxylic acids is 1. The second kappa shape index (κ2) is 9.53. The number of aromatic nitrogens is 2. The molecule has 8 nitrogen and oxygen atoms in total. The standard InChI is InChI=1S/C22H26N4O4S2/c1-16-20(22(27)26-10-12-30-13-11-26)31-21(24-16)19-14-18(15-25(19)2)32(28,29)23-9-8-17-6-4-3-5-7-17/h3-7,14-15,23H,8-13H2,1-2H3. The van der Waals surface area contributed by atoms with Crippen LogP contribution in [-0.2, 0) is 28.2 Å². The highest BCUT2D eigenvalue weighted by Crippen LogP contribution is 2.31. The van der Waals surface area contributed by atoms with Gasteiger partial charge in [0.2, 0.25) is 10.0 Å². The SMILES string of the molecule is Cc1nc(-c2cc(S(=O)(=O)NCCc3ccccc3)cn2C)sc1C(=O)N1CCOCC1. The molecule has 1 N–H and O–H groups in total. The Morgan fingerprint density at radius 2 is 1.94 bits per heavy atom. The lowest BCUT2D eigenvalue weighted by molar-refractivity contribution is 0.0305. The van der Waals surface area contributed by atoms with E-state index in [1.807, 2.05) is 30.3 Å². The first-order chi connectivity index (χ1) is 15.3. The van der Waals surface area contributed by atoms with Crippen LogP contribution in [0, 0.1) is 6.92 Å². The average molecular weight is 475 g/mol. The minimum absolute atomic E-state index is 0.0563. The Hall–Kier alpha value is -2.53. The van der Waals surface area contributed by atoms with E-state index in [9.17, 15) is 13.2 Å². The first kappa shape index (κ1) is 22.7. The van der Waals surface area contributed by atoms with Crippen molar-refractivity contribution in [3.05, 3.63) is 58.7 Å². The van der Waals surface area contributed by atoms with Crippen molar-refractivity contribution in [1.82, 2.24) is 19.2 Å². The largest absolute Gasteiger partial charge is 0.378 e. The van der Waals surface area contributed by atoms with Gasteiger partial charge in [-0.15, -0.1) is 11.3 Å². The molecule has 0 radical (unpaired) electrons. The molecule has 10 heteroatoms. The number of amides is 1. The van der Waals surface area contributed by atoms with Crippen molar-refractivity contribution in [3.63, 3.8) is 0 Å². The van der Waals surface area contributed by atoms with Crippen LogP contribution in [0.25, 0.3) is 10.7 Å². The van der Waals surface area contributed by atoms with Crippen LogP contribution in [0.1, 0.15) is 20.9 Å².